The zero-order valence-electron chi connectivity index (χ0n) is 38.2. The smallest absolute Gasteiger partial charge is 0.186 e. The second-order valence-electron chi connectivity index (χ2n) is 20.6. The van der Waals surface area contributed by atoms with Crippen LogP contribution in [0.5, 0.6) is 23.0 Å². The standard InChI is InChI=1S/C50H70N6O4/c1-47(2,3)37-21-29-17-33-25-39(49(7,8)9)27-35(43(33)59-15-13-55-45(51)52)19-31-23-38(48(4,5)6)24-32(42(31)58)20-36-28-40(50(10,11)12)26-34(18-30(22-37)41(29)57)44(36)60-16-14-56-46(53)54/h21-28,57-58H,13-20H2,1-12H3,(H4,51,52,55)(H4,53,54,56). The fourth-order valence-electron chi connectivity index (χ4n) is 7.66. The molecule has 0 spiro atoms. The molecule has 1 aliphatic carbocycles. The van der Waals surface area contributed by atoms with Crippen LogP contribution in [0.1, 0.15) is 150 Å². The summed E-state index contributed by atoms with van der Waals surface area (Å²) in [4.78, 5) is 8.40. The van der Waals surface area contributed by atoms with E-state index in [1.165, 1.54) is 0 Å². The molecule has 8 bridgehead atoms. The molecular weight excluding hydrogens is 749 g/mol. The monoisotopic (exact) mass is 819 g/mol. The van der Waals surface area contributed by atoms with Gasteiger partial charge >= 0.3 is 0 Å². The van der Waals surface area contributed by atoms with Crippen LogP contribution in [0.2, 0.25) is 0 Å². The second kappa shape index (κ2) is 17.3. The zero-order chi connectivity index (χ0) is 44.5. The van der Waals surface area contributed by atoms with Crippen molar-refractivity contribution in [3.8, 4) is 23.0 Å². The number of guanidine groups is 2. The first kappa shape index (κ1) is 45.7. The number of phenols is 2. The highest BCUT2D eigenvalue weighted by Gasteiger charge is 2.28. The van der Waals surface area contributed by atoms with Gasteiger partial charge in [-0.2, -0.15) is 0 Å². The molecule has 0 fully saturated rings. The third kappa shape index (κ3) is 11.1. The molecule has 0 heterocycles. The third-order valence-corrected chi connectivity index (χ3v) is 11.3. The molecule has 10 N–H and O–H groups in total. The zero-order valence-corrected chi connectivity index (χ0v) is 38.2. The maximum Gasteiger partial charge on any atom is 0.186 e. The van der Waals surface area contributed by atoms with Crippen molar-refractivity contribution in [3.63, 3.8) is 0 Å². The van der Waals surface area contributed by atoms with Gasteiger partial charge in [-0.15, -0.1) is 0 Å². The van der Waals surface area contributed by atoms with Crippen molar-refractivity contribution in [2.75, 3.05) is 26.3 Å². The van der Waals surface area contributed by atoms with Crippen LogP contribution in [0.15, 0.2) is 58.5 Å². The van der Waals surface area contributed by atoms with E-state index in [0.29, 0.717) is 37.2 Å². The molecule has 0 aliphatic heterocycles. The van der Waals surface area contributed by atoms with E-state index >= 15 is 0 Å². The lowest BCUT2D eigenvalue weighted by Crippen LogP contribution is -2.24. The van der Waals surface area contributed by atoms with Crippen LogP contribution < -0.4 is 32.4 Å². The summed E-state index contributed by atoms with van der Waals surface area (Å²) >= 11 is 0. The first-order valence-electron chi connectivity index (χ1n) is 21.1. The molecule has 10 nitrogen and oxygen atoms in total. The van der Waals surface area contributed by atoms with Crippen molar-refractivity contribution in [2.45, 2.75) is 130 Å². The van der Waals surface area contributed by atoms with Gasteiger partial charge in [0.1, 0.15) is 36.2 Å². The molecule has 324 valence electrons. The van der Waals surface area contributed by atoms with E-state index in [9.17, 15) is 10.2 Å². The lowest BCUT2D eigenvalue weighted by Gasteiger charge is -2.28. The average molecular weight is 819 g/mol. The Morgan fingerprint density at radius 1 is 0.433 bits per heavy atom. The Hall–Kier alpha value is -5.38. The quantitative estimate of drug-likeness (QED) is 0.0513. The Labute approximate surface area is 358 Å². The lowest BCUT2D eigenvalue weighted by molar-refractivity contribution is 0.322. The average Bonchev–Trinajstić information content (AvgIpc) is 3.10. The van der Waals surface area contributed by atoms with Crippen LogP contribution in [0.25, 0.3) is 0 Å². The molecule has 60 heavy (non-hydrogen) atoms. The molecule has 4 aromatic rings. The number of aliphatic imine (C=N–C) groups is 2. The predicted molar refractivity (Wildman–Crippen MR) is 247 cm³/mol. The molecule has 0 amide bonds. The summed E-state index contributed by atoms with van der Waals surface area (Å²) in [6.45, 7) is 27.4. The van der Waals surface area contributed by atoms with Crippen molar-refractivity contribution in [2.24, 2.45) is 32.9 Å². The van der Waals surface area contributed by atoms with Gasteiger partial charge in [0.05, 0.1) is 13.1 Å². The molecule has 1 aliphatic rings. The van der Waals surface area contributed by atoms with Crippen LogP contribution in [0, 0.1) is 0 Å². The molecule has 0 unspecified atom stereocenters. The molecule has 4 aromatic carbocycles. The number of nitrogens with two attached hydrogens (primary N) is 4. The minimum Gasteiger partial charge on any atom is -0.507 e. The van der Waals surface area contributed by atoms with E-state index in [1.807, 2.05) is 0 Å². The van der Waals surface area contributed by atoms with Crippen molar-refractivity contribution in [1.29, 1.82) is 0 Å². The highest BCUT2D eigenvalue weighted by molar-refractivity contribution is 5.76. The van der Waals surface area contributed by atoms with Crippen molar-refractivity contribution in [1.82, 2.24) is 0 Å². The molecule has 0 saturated heterocycles. The molecule has 0 radical (unpaired) electrons. The van der Waals surface area contributed by atoms with Gasteiger partial charge in [-0.3, -0.25) is 9.98 Å². The maximum absolute atomic E-state index is 12.4. The Balaban J connectivity index is 1.92. The maximum atomic E-state index is 12.4. The number of hydrogen-bond donors (Lipinski definition) is 6. The molecule has 5 rings (SSSR count). The van der Waals surface area contributed by atoms with Crippen LogP contribution in [0.4, 0.5) is 0 Å². The highest BCUT2D eigenvalue weighted by Crippen LogP contribution is 2.43. The van der Waals surface area contributed by atoms with Crippen LogP contribution in [-0.4, -0.2) is 48.4 Å². The van der Waals surface area contributed by atoms with E-state index in [4.69, 9.17) is 32.4 Å². The summed E-state index contributed by atoms with van der Waals surface area (Å²) in [7, 11) is 0. The van der Waals surface area contributed by atoms with E-state index in [-0.39, 0.29) is 71.4 Å². The Morgan fingerprint density at radius 3 is 0.850 bits per heavy atom. The SMILES string of the molecule is CC(C)(C)c1cc2c(O)c(c1)Cc1cc(C(C)(C)C)cc(c1OCCN=C(N)N)Cc1cc(C(C)(C)C)cc(c1O)Cc1cc(C(C)(C)C)cc(c1OCCN=C(N)N)C2. The first-order chi connectivity index (χ1) is 27.7. The van der Waals surface area contributed by atoms with E-state index in [2.05, 4.69) is 142 Å². The lowest BCUT2D eigenvalue weighted by atomic mass is 9.79. The Morgan fingerprint density at radius 2 is 0.650 bits per heavy atom. The minimum absolute atomic E-state index is 0.00163. The van der Waals surface area contributed by atoms with E-state index in [0.717, 1.165) is 66.8 Å². The predicted octanol–water partition coefficient (Wildman–Crippen LogP) is 8.27. The largest absolute Gasteiger partial charge is 0.507 e. The number of aromatic hydroxyl groups is 2. The van der Waals surface area contributed by atoms with Gasteiger partial charge in [-0.05, 0) is 88.4 Å². The Bertz CT molecular complexity index is 2010. The Kier molecular flexibility index (Phi) is 13.2. The number of fused-ring (bicyclic) bond motifs is 8. The second-order valence-corrected chi connectivity index (χ2v) is 20.6. The number of phenolic OH excluding ortho intramolecular Hbond substituents is 2. The molecule has 0 aromatic heterocycles. The van der Waals surface area contributed by atoms with Crippen LogP contribution in [-0.2, 0) is 47.3 Å². The van der Waals surface area contributed by atoms with Crippen LogP contribution in [0.3, 0.4) is 0 Å². The molecule has 0 saturated carbocycles. The molecule has 10 heteroatoms. The highest BCUT2D eigenvalue weighted by atomic mass is 16.5. The molecular formula is C50H70N6O4. The summed E-state index contributed by atoms with van der Waals surface area (Å²) in [5.41, 5.74) is 33.2. The van der Waals surface area contributed by atoms with Gasteiger partial charge < -0.3 is 42.6 Å². The first-order valence-corrected chi connectivity index (χ1v) is 21.1. The summed E-state index contributed by atoms with van der Waals surface area (Å²) in [5, 5.41) is 24.9. The van der Waals surface area contributed by atoms with E-state index < -0.39 is 0 Å². The third-order valence-electron chi connectivity index (χ3n) is 11.3. The summed E-state index contributed by atoms with van der Waals surface area (Å²) in [5.74, 6) is 1.85. The minimum atomic E-state index is -0.223. The number of benzene rings is 4. The van der Waals surface area contributed by atoms with Crippen molar-refractivity contribution in [3.05, 3.63) is 115 Å². The normalized spacial score (nSPS) is 13.4. The number of hydrogen-bond acceptors (Lipinski definition) is 6. The van der Waals surface area contributed by atoms with Crippen LogP contribution >= 0.6 is 0 Å². The van der Waals surface area contributed by atoms with Gasteiger partial charge in [0.25, 0.3) is 0 Å². The van der Waals surface area contributed by atoms with Gasteiger partial charge in [0, 0.05) is 25.7 Å². The fraction of sp³-hybridized carbons (Fsp3) is 0.480. The van der Waals surface area contributed by atoms with E-state index in [1.54, 1.807) is 0 Å². The van der Waals surface area contributed by atoms with Crippen molar-refractivity contribution >= 4 is 11.9 Å². The van der Waals surface area contributed by atoms with Gasteiger partial charge in [-0.25, -0.2) is 0 Å². The van der Waals surface area contributed by atoms with Gasteiger partial charge in [0.15, 0.2) is 11.9 Å². The summed E-state index contributed by atoms with van der Waals surface area (Å²) < 4.78 is 13.4. The van der Waals surface area contributed by atoms with Gasteiger partial charge in [0.2, 0.25) is 0 Å². The summed E-state index contributed by atoms with van der Waals surface area (Å²) in [6, 6.07) is 17.3. The number of rotatable bonds is 8. The topological polar surface area (TPSA) is 188 Å². The molecule has 0 atom stereocenters. The van der Waals surface area contributed by atoms with Gasteiger partial charge in [-0.1, -0.05) is 132 Å². The number of ether oxygens (including phenoxy) is 2. The number of nitrogens with zero attached hydrogens (tertiary/aromatic N) is 2. The summed E-state index contributed by atoms with van der Waals surface area (Å²) in [6.07, 6.45) is 1.58. The van der Waals surface area contributed by atoms with Crippen molar-refractivity contribution < 1.29 is 19.7 Å². The fourth-order valence-corrected chi connectivity index (χ4v) is 7.66.